The number of hydrogen-bond donors (Lipinski definition) is 0. The lowest BCUT2D eigenvalue weighted by molar-refractivity contribution is 0.918. The molecule has 72 valence electrons. The van der Waals surface area contributed by atoms with Crippen molar-refractivity contribution in [3.8, 4) is 11.4 Å². The number of aryl methyl sites for hydroxylation is 3. The van der Waals surface area contributed by atoms with Crippen LogP contribution in [0.1, 0.15) is 11.1 Å². The van der Waals surface area contributed by atoms with Gasteiger partial charge in [-0.2, -0.15) is 0 Å². The Bertz CT molecular complexity index is 457. The second-order valence-electron chi connectivity index (χ2n) is 3.58. The van der Waals surface area contributed by atoms with Gasteiger partial charge in [-0.3, -0.25) is 0 Å². The van der Waals surface area contributed by atoms with E-state index in [1.165, 1.54) is 11.1 Å². The highest BCUT2D eigenvalue weighted by molar-refractivity contribution is 5.60. The fourth-order valence-electron chi connectivity index (χ4n) is 1.50. The molecular weight excluding hydrogens is 174 g/mol. The second kappa shape index (κ2) is 3.25. The van der Waals surface area contributed by atoms with Crippen molar-refractivity contribution in [2.45, 2.75) is 13.8 Å². The maximum atomic E-state index is 4.10. The average Bonchev–Trinajstić information content (AvgIpc) is 2.56. The fraction of sp³-hybridized carbons (Fsp3) is 0.273. The van der Waals surface area contributed by atoms with Crippen molar-refractivity contribution in [3.05, 3.63) is 35.7 Å². The molecule has 14 heavy (non-hydrogen) atoms. The maximum Gasteiger partial charge on any atom is 0.163 e. The lowest BCUT2D eigenvalue weighted by atomic mass is 10.1. The Morgan fingerprint density at radius 2 is 2.00 bits per heavy atom. The minimum Gasteiger partial charge on any atom is -0.317 e. The van der Waals surface area contributed by atoms with Crippen LogP contribution in [0.5, 0.6) is 0 Å². The van der Waals surface area contributed by atoms with Crippen LogP contribution in [0, 0.1) is 13.8 Å². The molecule has 0 radical (unpaired) electrons. The van der Waals surface area contributed by atoms with E-state index in [0.29, 0.717) is 0 Å². The standard InChI is InChI=1S/C11H13N3/c1-8-4-5-9(2)10(6-8)11-13-12-7-14(11)3/h4-7H,1-3H3. The maximum absolute atomic E-state index is 4.10. The molecule has 0 aliphatic rings. The predicted molar refractivity (Wildman–Crippen MR) is 55.9 cm³/mol. The molecular formula is C11H13N3. The molecule has 0 saturated carbocycles. The van der Waals surface area contributed by atoms with Crippen LogP contribution in [0.15, 0.2) is 24.5 Å². The first-order chi connectivity index (χ1) is 6.68. The largest absolute Gasteiger partial charge is 0.317 e. The van der Waals surface area contributed by atoms with Crippen LogP contribution in [0.25, 0.3) is 11.4 Å². The number of rotatable bonds is 1. The van der Waals surface area contributed by atoms with Crippen molar-refractivity contribution in [2.24, 2.45) is 7.05 Å². The van der Waals surface area contributed by atoms with Crippen molar-refractivity contribution in [1.82, 2.24) is 14.8 Å². The van der Waals surface area contributed by atoms with Crippen molar-refractivity contribution in [2.75, 3.05) is 0 Å². The molecule has 0 unspecified atom stereocenters. The van der Waals surface area contributed by atoms with E-state index < -0.39 is 0 Å². The Morgan fingerprint density at radius 1 is 1.21 bits per heavy atom. The molecule has 3 nitrogen and oxygen atoms in total. The molecule has 0 aliphatic carbocycles. The van der Waals surface area contributed by atoms with Crippen LogP contribution in [0.4, 0.5) is 0 Å². The Hall–Kier alpha value is -1.64. The lowest BCUT2D eigenvalue weighted by Crippen LogP contribution is -1.93. The third-order valence-corrected chi connectivity index (χ3v) is 2.35. The summed E-state index contributed by atoms with van der Waals surface area (Å²) in [6.45, 7) is 4.17. The molecule has 0 atom stereocenters. The monoisotopic (exact) mass is 187 g/mol. The molecule has 0 N–H and O–H groups in total. The summed E-state index contributed by atoms with van der Waals surface area (Å²) >= 11 is 0. The average molecular weight is 187 g/mol. The van der Waals surface area contributed by atoms with Gasteiger partial charge in [-0.05, 0) is 25.5 Å². The molecule has 0 spiro atoms. The predicted octanol–water partition coefficient (Wildman–Crippen LogP) is 2.10. The van der Waals surface area contributed by atoms with Crippen molar-refractivity contribution < 1.29 is 0 Å². The normalized spacial score (nSPS) is 10.5. The SMILES string of the molecule is Cc1ccc(C)c(-c2nncn2C)c1. The zero-order valence-electron chi connectivity index (χ0n) is 8.65. The topological polar surface area (TPSA) is 30.7 Å². The summed E-state index contributed by atoms with van der Waals surface area (Å²) in [5, 5.41) is 7.98. The number of nitrogens with zero attached hydrogens (tertiary/aromatic N) is 3. The first-order valence-electron chi connectivity index (χ1n) is 4.60. The van der Waals surface area contributed by atoms with Crippen LogP contribution in [0.3, 0.4) is 0 Å². The summed E-state index contributed by atoms with van der Waals surface area (Å²) < 4.78 is 1.93. The molecule has 1 aromatic heterocycles. The zero-order valence-corrected chi connectivity index (χ0v) is 8.65. The highest BCUT2D eigenvalue weighted by Crippen LogP contribution is 2.21. The summed E-state index contributed by atoms with van der Waals surface area (Å²) in [7, 11) is 1.96. The molecule has 0 aliphatic heterocycles. The summed E-state index contributed by atoms with van der Waals surface area (Å²) in [4.78, 5) is 0. The van der Waals surface area contributed by atoms with E-state index in [1.54, 1.807) is 6.33 Å². The fourth-order valence-corrected chi connectivity index (χ4v) is 1.50. The third-order valence-electron chi connectivity index (χ3n) is 2.35. The Balaban J connectivity index is 2.62. The highest BCUT2D eigenvalue weighted by Gasteiger charge is 2.07. The number of aromatic nitrogens is 3. The van der Waals surface area contributed by atoms with Gasteiger partial charge in [0.2, 0.25) is 0 Å². The Morgan fingerprint density at radius 3 is 2.64 bits per heavy atom. The van der Waals surface area contributed by atoms with Crippen LogP contribution in [-0.2, 0) is 7.05 Å². The molecule has 2 rings (SSSR count). The minimum atomic E-state index is 0.922. The van der Waals surface area contributed by atoms with Crippen LogP contribution in [-0.4, -0.2) is 14.8 Å². The summed E-state index contributed by atoms with van der Waals surface area (Å²) in [6.07, 6.45) is 1.72. The van der Waals surface area contributed by atoms with Crippen LogP contribution in [0.2, 0.25) is 0 Å². The van der Waals surface area contributed by atoms with Gasteiger partial charge in [0.25, 0.3) is 0 Å². The van der Waals surface area contributed by atoms with Gasteiger partial charge in [-0.15, -0.1) is 10.2 Å². The summed E-state index contributed by atoms with van der Waals surface area (Å²) in [5.74, 6) is 0.922. The van der Waals surface area contributed by atoms with Gasteiger partial charge < -0.3 is 4.57 Å². The number of benzene rings is 1. The molecule has 1 aromatic carbocycles. The second-order valence-corrected chi connectivity index (χ2v) is 3.58. The highest BCUT2D eigenvalue weighted by atomic mass is 15.2. The molecule has 0 fully saturated rings. The van der Waals surface area contributed by atoms with E-state index in [0.717, 1.165) is 11.4 Å². The van der Waals surface area contributed by atoms with E-state index in [1.807, 2.05) is 11.6 Å². The van der Waals surface area contributed by atoms with Crippen LogP contribution >= 0.6 is 0 Å². The molecule has 0 saturated heterocycles. The van der Waals surface area contributed by atoms with Gasteiger partial charge in [0.1, 0.15) is 6.33 Å². The molecule has 3 heteroatoms. The number of hydrogen-bond acceptors (Lipinski definition) is 2. The first-order valence-corrected chi connectivity index (χ1v) is 4.60. The first kappa shape index (κ1) is 8.94. The van der Waals surface area contributed by atoms with Gasteiger partial charge in [-0.1, -0.05) is 17.7 Å². The quantitative estimate of drug-likeness (QED) is 0.684. The molecule has 0 bridgehead atoms. The summed E-state index contributed by atoms with van der Waals surface area (Å²) in [5.41, 5.74) is 3.63. The van der Waals surface area contributed by atoms with Crippen molar-refractivity contribution >= 4 is 0 Å². The van der Waals surface area contributed by atoms with E-state index in [-0.39, 0.29) is 0 Å². The van der Waals surface area contributed by atoms with Crippen molar-refractivity contribution in [3.63, 3.8) is 0 Å². The Kier molecular flexibility index (Phi) is 2.08. The zero-order chi connectivity index (χ0) is 10.1. The van der Waals surface area contributed by atoms with Crippen LogP contribution < -0.4 is 0 Å². The van der Waals surface area contributed by atoms with Gasteiger partial charge >= 0.3 is 0 Å². The Labute approximate surface area is 83.4 Å². The minimum absolute atomic E-state index is 0.922. The molecule has 2 aromatic rings. The van der Waals surface area contributed by atoms with E-state index in [4.69, 9.17) is 0 Å². The van der Waals surface area contributed by atoms with Gasteiger partial charge in [-0.25, -0.2) is 0 Å². The van der Waals surface area contributed by atoms with E-state index in [2.05, 4.69) is 42.2 Å². The van der Waals surface area contributed by atoms with E-state index >= 15 is 0 Å². The summed E-state index contributed by atoms with van der Waals surface area (Å²) in [6, 6.07) is 6.36. The van der Waals surface area contributed by atoms with E-state index in [9.17, 15) is 0 Å². The molecule has 0 amide bonds. The van der Waals surface area contributed by atoms with Crippen molar-refractivity contribution in [1.29, 1.82) is 0 Å². The van der Waals surface area contributed by atoms with Gasteiger partial charge in [0.05, 0.1) is 0 Å². The van der Waals surface area contributed by atoms with Gasteiger partial charge in [0.15, 0.2) is 5.82 Å². The smallest absolute Gasteiger partial charge is 0.163 e. The third kappa shape index (κ3) is 1.41. The lowest BCUT2D eigenvalue weighted by Gasteiger charge is -2.05. The van der Waals surface area contributed by atoms with Gasteiger partial charge in [0, 0.05) is 12.6 Å². The molecule has 1 heterocycles.